The Balaban J connectivity index is 2.60. The highest BCUT2D eigenvalue weighted by Crippen LogP contribution is 2.32. The fourth-order valence-corrected chi connectivity index (χ4v) is 1.97. The maximum absolute atomic E-state index is 9.74. The minimum atomic E-state index is -0.194. The molecule has 1 N–H and O–H groups in total. The lowest BCUT2D eigenvalue weighted by atomic mass is 9.82. The van der Waals surface area contributed by atoms with Crippen molar-refractivity contribution in [2.24, 2.45) is 5.41 Å². The van der Waals surface area contributed by atoms with E-state index in [2.05, 4.69) is 32.6 Å². The molecule has 1 heterocycles. The number of hydrogen-bond acceptors (Lipinski definition) is 2. The summed E-state index contributed by atoms with van der Waals surface area (Å²) in [6, 6.07) is 0.481. The summed E-state index contributed by atoms with van der Waals surface area (Å²) < 4.78 is 0. The van der Waals surface area contributed by atoms with Crippen molar-refractivity contribution in [3.05, 3.63) is 0 Å². The van der Waals surface area contributed by atoms with E-state index in [1.165, 1.54) is 0 Å². The Morgan fingerprint density at radius 3 is 2.54 bits per heavy atom. The SMILES string of the molecule is CCC(C)(C)C(C)N1CCCC1O. The predicted molar refractivity (Wildman–Crippen MR) is 55.5 cm³/mol. The normalized spacial score (nSPS) is 27.9. The van der Waals surface area contributed by atoms with E-state index < -0.39 is 0 Å². The highest BCUT2D eigenvalue weighted by molar-refractivity contribution is 4.85. The zero-order valence-electron chi connectivity index (χ0n) is 9.38. The van der Waals surface area contributed by atoms with E-state index in [9.17, 15) is 5.11 Å². The number of likely N-dealkylation sites (tertiary alicyclic amines) is 1. The lowest BCUT2D eigenvalue weighted by molar-refractivity contribution is -0.0233. The highest BCUT2D eigenvalue weighted by Gasteiger charge is 2.34. The maximum Gasteiger partial charge on any atom is 0.107 e. The topological polar surface area (TPSA) is 23.5 Å². The molecule has 0 bridgehead atoms. The molecule has 0 aromatic carbocycles. The van der Waals surface area contributed by atoms with Gasteiger partial charge in [0.05, 0.1) is 0 Å². The van der Waals surface area contributed by atoms with Crippen molar-refractivity contribution < 1.29 is 5.11 Å². The fourth-order valence-electron chi connectivity index (χ4n) is 1.97. The molecule has 0 amide bonds. The Labute approximate surface area is 81.9 Å². The molecule has 0 aromatic rings. The fraction of sp³-hybridized carbons (Fsp3) is 1.00. The lowest BCUT2D eigenvalue weighted by Crippen LogP contribution is -2.45. The van der Waals surface area contributed by atoms with Crippen molar-refractivity contribution in [1.29, 1.82) is 0 Å². The van der Waals surface area contributed by atoms with Crippen LogP contribution in [0.4, 0.5) is 0 Å². The summed E-state index contributed by atoms with van der Waals surface area (Å²) in [7, 11) is 0. The minimum absolute atomic E-state index is 0.194. The van der Waals surface area contributed by atoms with Gasteiger partial charge in [0, 0.05) is 12.6 Å². The lowest BCUT2D eigenvalue weighted by Gasteiger charge is -2.39. The quantitative estimate of drug-likeness (QED) is 0.729. The molecule has 2 unspecified atom stereocenters. The third-order valence-electron chi connectivity index (χ3n) is 3.80. The summed E-state index contributed by atoms with van der Waals surface area (Å²) >= 11 is 0. The van der Waals surface area contributed by atoms with Crippen LogP contribution in [0.1, 0.15) is 47.0 Å². The van der Waals surface area contributed by atoms with Crippen LogP contribution >= 0.6 is 0 Å². The first-order valence-electron chi connectivity index (χ1n) is 5.43. The van der Waals surface area contributed by atoms with Crippen molar-refractivity contribution in [3.8, 4) is 0 Å². The molecule has 2 nitrogen and oxygen atoms in total. The second-order valence-corrected chi connectivity index (χ2v) is 4.88. The molecule has 13 heavy (non-hydrogen) atoms. The van der Waals surface area contributed by atoms with Crippen LogP contribution in [0.3, 0.4) is 0 Å². The predicted octanol–water partition coefficient (Wildman–Crippen LogP) is 2.23. The van der Waals surface area contributed by atoms with Gasteiger partial charge < -0.3 is 5.11 Å². The average molecular weight is 185 g/mol. The summed E-state index contributed by atoms with van der Waals surface area (Å²) in [6.07, 6.45) is 3.06. The molecular weight excluding hydrogens is 162 g/mol. The van der Waals surface area contributed by atoms with Crippen LogP contribution in [0.25, 0.3) is 0 Å². The van der Waals surface area contributed by atoms with Gasteiger partial charge in [-0.05, 0) is 31.6 Å². The standard InChI is InChI=1S/C11H23NO/c1-5-11(3,4)9(2)12-8-6-7-10(12)13/h9-10,13H,5-8H2,1-4H3. The Hall–Kier alpha value is -0.0800. The molecule has 0 aliphatic carbocycles. The van der Waals surface area contributed by atoms with Crippen LogP contribution < -0.4 is 0 Å². The van der Waals surface area contributed by atoms with Crippen molar-refractivity contribution in [2.75, 3.05) is 6.54 Å². The molecule has 1 saturated heterocycles. The van der Waals surface area contributed by atoms with Gasteiger partial charge in [-0.25, -0.2) is 0 Å². The molecule has 2 atom stereocenters. The smallest absolute Gasteiger partial charge is 0.107 e. The van der Waals surface area contributed by atoms with Crippen LogP contribution in [0.15, 0.2) is 0 Å². The molecule has 1 aliphatic rings. The van der Waals surface area contributed by atoms with E-state index in [1.807, 2.05) is 0 Å². The zero-order chi connectivity index (χ0) is 10.1. The molecule has 1 fully saturated rings. The van der Waals surface area contributed by atoms with E-state index in [0.717, 1.165) is 25.8 Å². The van der Waals surface area contributed by atoms with Gasteiger partial charge in [-0.3, -0.25) is 4.90 Å². The van der Waals surface area contributed by atoms with Crippen LogP contribution in [0.5, 0.6) is 0 Å². The van der Waals surface area contributed by atoms with E-state index in [0.29, 0.717) is 11.5 Å². The largest absolute Gasteiger partial charge is 0.378 e. The van der Waals surface area contributed by atoms with Crippen LogP contribution in [0.2, 0.25) is 0 Å². The average Bonchev–Trinajstić information content (AvgIpc) is 2.50. The summed E-state index contributed by atoms with van der Waals surface area (Å²) in [5.74, 6) is 0. The van der Waals surface area contributed by atoms with E-state index in [-0.39, 0.29) is 6.23 Å². The van der Waals surface area contributed by atoms with Crippen molar-refractivity contribution >= 4 is 0 Å². The summed E-state index contributed by atoms with van der Waals surface area (Å²) in [4.78, 5) is 2.24. The number of nitrogens with zero attached hydrogens (tertiary/aromatic N) is 1. The van der Waals surface area contributed by atoms with Gasteiger partial charge in [-0.15, -0.1) is 0 Å². The maximum atomic E-state index is 9.74. The number of aliphatic hydroxyl groups is 1. The van der Waals surface area contributed by atoms with Gasteiger partial charge >= 0.3 is 0 Å². The molecule has 0 radical (unpaired) electrons. The third-order valence-corrected chi connectivity index (χ3v) is 3.80. The van der Waals surface area contributed by atoms with Gasteiger partial charge in [0.2, 0.25) is 0 Å². The molecule has 0 spiro atoms. The molecule has 0 saturated carbocycles. The van der Waals surface area contributed by atoms with Gasteiger partial charge in [0.25, 0.3) is 0 Å². The first kappa shape index (κ1) is 11.0. The molecule has 1 aliphatic heterocycles. The highest BCUT2D eigenvalue weighted by atomic mass is 16.3. The first-order chi connectivity index (χ1) is 5.99. The monoisotopic (exact) mass is 185 g/mol. The van der Waals surface area contributed by atoms with Gasteiger partial charge in [0.15, 0.2) is 0 Å². The van der Waals surface area contributed by atoms with Crippen molar-refractivity contribution in [3.63, 3.8) is 0 Å². The zero-order valence-corrected chi connectivity index (χ0v) is 9.38. The first-order valence-corrected chi connectivity index (χ1v) is 5.43. The van der Waals surface area contributed by atoms with E-state index in [1.54, 1.807) is 0 Å². The number of aliphatic hydroxyl groups excluding tert-OH is 1. The summed E-state index contributed by atoms with van der Waals surface area (Å²) in [5.41, 5.74) is 0.311. The van der Waals surface area contributed by atoms with E-state index >= 15 is 0 Å². The van der Waals surface area contributed by atoms with Gasteiger partial charge in [0.1, 0.15) is 6.23 Å². The molecule has 1 rings (SSSR count). The molecular formula is C11H23NO. The third kappa shape index (κ3) is 2.23. The second-order valence-electron chi connectivity index (χ2n) is 4.88. The minimum Gasteiger partial charge on any atom is -0.378 e. The molecule has 78 valence electrons. The molecule has 2 heteroatoms. The molecule has 0 aromatic heterocycles. The number of rotatable bonds is 3. The Morgan fingerprint density at radius 1 is 1.54 bits per heavy atom. The van der Waals surface area contributed by atoms with Gasteiger partial charge in [-0.1, -0.05) is 20.8 Å². The van der Waals surface area contributed by atoms with Gasteiger partial charge in [-0.2, -0.15) is 0 Å². The number of hydrogen-bond donors (Lipinski definition) is 1. The van der Waals surface area contributed by atoms with Crippen LogP contribution in [-0.4, -0.2) is 28.8 Å². The van der Waals surface area contributed by atoms with Crippen LogP contribution in [0, 0.1) is 5.41 Å². The van der Waals surface area contributed by atoms with E-state index in [4.69, 9.17) is 0 Å². The summed E-state index contributed by atoms with van der Waals surface area (Å²) in [5, 5.41) is 9.74. The Bertz CT molecular complexity index is 167. The van der Waals surface area contributed by atoms with Crippen molar-refractivity contribution in [2.45, 2.75) is 59.2 Å². The Morgan fingerprint density at radius 2 is 2.15 bits per heavy atom. The Kier molecular flexibility index (Phi) is 3.36. The van der Waals surface area contributed by atoms with Crippen molar-refractivity contribution in [1.82, 2.24) is 4.90 Å². The second kappa shape index (κ2) is 3.97. The van der Waals surface area contributed by atoms with Crippen LogP contribution in [-0.2, 0) is 0 Å². The summed E-state index contributed by atoms with van der Waals surface area (Å²) in [6.45, 7) is 10.1.